The Morgan fingerprint density at radius 1 is 1.30 bits per heavy atom. The van der Waals surface area contributed by atoms with Gasteiger partial charge in [-0.1, -0.05) is 6.07 Å². The third-order valence-corrected chi connectivity index (χ3v) is 4.18. The number of hydrogen-bond acceptors (Lipinski definition) is 6. The Balaban J connectivity index is 2.38. The molecule has 3 rings (SSSR count). The van der Waals surface area contributed by atoms with Gasteiger partial charge in [-0.15, -0.1) is 0 Å². The van der Waals surface area contributed by atoms with Crippen molar-refractivity contribution in [1.29, 1.82) is 0 Å². The normalized spacial score (nSPS) is 10.8. The summed E-state index contributed by atoms with van der Waals surface area (Å²) >= 11 is 0. The lowest BCUT2D eigenvalue weighted by molar-refractivity contribution is -0.384. The molecule has 0 spiro atoms. The molecule has 3 N–H and O–H groups in total. The highest BCUT2D eigenvalue weighted by Gasteiger charge is 2.26. The number of amides is 1. The zero-order valence-corrected chi connectivity index (χ0v) is 14.8. The fourth-order valence-electron chi connectivity index (χ4n) is 2.74. The summed E-state index contributed by atoms with van der Waals surface area (Å²) in [6, 6.07) is 5.61. The average molecular weight is 368 g/mol. The van der Waals surface area contributed by atoms with Gasteiger partial charge in [-0.3, -0.25) is 24.7 Å². The fraction of sp³-hybridized carbons (Fsp3) is 0.176. The number of rotatable bonds is 4. The lowest BCUT2D eigenvalue weighted by Crippen LogP contribution is -2.19. The predicted molar refractivity (Wildman–Crippen MR) is 96.8 cm³/mol. The second-order valence-corrected chi connectivity index (χ2v) is 6.00. The Hall–Kier alpha value is -3.82. The van der Waals surface area contributed by atoms with E-state index in [2.05, 4.69) is 15.1 Å². The number of benzene rings is 1. The van der Waals surface area contributed by atoms with Crippen LogP contribution in [0.3, 0.4) is 0 Å². The molecule has 0 atom stereocenters. The number of aromatic amines is 1. The second-order valence-electron chi connectivity index (χ2n) is 6.00. The molecule has 1 amide bonds. The van der Waals surface area contributed by atoms with Crippen molar-refractivity contribution >= 4 is 11.6 Å². The van der Waals surface area contributed by atoms with Crippen LogP contribution in [0, 0.1) is 30.9 Å². The molecule has 3 aromatic rings. The maximum Gasteiger partial charge on any atom is 0.279 e. The Morgan fingerprint density at radius 2 is 2.00 bits per heavy atom. The number of hydrogen-bond donors (Lipinski definition) is 2. The third-order valence-electron chi connectivity index (χ3n) is 4.18. The monoisotopic (exact) mass is 368 g/mol. The van der Waals surface area contributed by atoms with Crippen molar-refractivity contribution in [3.8, 4) is 17.2 Å². The van der Waals surface area contributed by atoms with Gasteiger partial charge in [0.1, 0.15) is 0 Å². The Bertz CT molecular complexity index is 1110. The molecule has 27 heavy (non-hydrogen) atoms. The van der Waals surface area contributed by atoms with Gasteiger partial charge in [-0.2, -0.15) is 9.78 Å². The van der Waals surface area contributed by atoms with Crippen LogP contribution in [0.2, 0.25) is 0 Å². The molecular weight excluding hydrogens is 352 g/mol. The minimum Gasteiger partial charge on any atom is -0.366 e. The summed E-state index contributed by atoms with van der Waals surface area (Å²) in [5, 5.41) is 15.8. The first-order chi connectivity index (χ1) is 12.7. The van der Waals surface area contributed by atoms with Crippen LogP contribution in [0.4, 0.5) is 5.69 Å². The van der Waals surface area contributed by atoms with Gasteiger partial charge in [0.15, 0.2) is 0 Å². The van der Waals surface area contributed by atoms with E-state index in [1.807, 2.05) is 0 Å². The molecule has 0 saturated carbocycles. The summed E-state index contributed by atoms with van der Waals surface area (Å²) in [5.41, 5.74) is 6.42. The maximum atomic E-state index is 12.1. The lowest BCUT2D eigenvalue weighted by Gasteiger charge is -2.11. The predicted octanol–water partition coefficient (Wildman–Crippen LogP) is 1.55. The number of nitro benzene ring substituents is 1. The van der Waals surface area contributed by atoms with Crippen molar-refractivity contribution in [1.82, 2.24) is 19.7 Å². The Morgan fingerprint density at radius 3 is 2.59 bits per heavy atom. The Labute approximate surface area is 152 Å². The van der Waals surface area contributed by atoms with Crippen LogP contribution in [0.15, 0.2) is 29.1 Å². The van der Waals surface area contributed by atoms with Crippen LogP contribution >= 0.6 is 0 Å². The van der Waals surface area contributed by atoms with Crippen LogP contribution < -0.4 is 11.3 Å². The molecule has 138 valence electrons. The largest absolute Gasteiger partial charge is 0.366 e. The van der Waals surface area contributed by atoms with Crippen LogP contribution in [0.5, 0.6) is 0 Å². The molecule has 0 aliphatic carbocycles. The molecule has 0 radical (unpaired) electrons. The number of nitrogens with zero attached hydrogens (tertiary/aromatic N) is 4. The second kappa shape index (κ2) is 6.48. The van der Waals surface area contributed by atoms with Gasteiger partial charge in [0, 0.05) is 17.3 Å². The molecule has 10 heteroatoms. The van der Waals surface area contributed by atoms with E-state index in [1.54, 1.807) is 26.8 Å². The van der Waals surface area contributed by atoms with Gasteiger partial charge >= 0.3 is 0 Å². The van der Waals surface area contributed by atoms with Gasteiger partial charge in [-0.25, -0.2) is 4.98 Å². The smallest absolute Gasteiger partial charge is 0.279 e. The molecule has 2 aromatic heterocycles. The number of carbonyl (C=O) groups is 1. The van der Waals surface area contributed by atoms with E-state index in [1.165, 1.54) is 22.9 Å². The van der Waals surface area contributed by atoms with Crippen LogP contribution in [-0.4, -0.2) is 30.6 Å². The molecule has 0 bridgehead atoms. The molecule has 0 fully saturated rings. The minimum atomic E-state index is -0.819. The molecule has 0 unspecified atom stereocenters. The van der Waals surface area contributed by atoms with Crippen molar-refractivity contribution in [3.63, 3.8) is 0 Å². The van der Waals surface area contributed by atoms with Gasteiger partial charge in [0.05, 0.1) is 27.4 Å². The third kappa shape index (κ3) is 3.08. The SMILES string of the molecule is Cc1cc(-c2c(C(N)=O)cccc2[N+](=O)[O-])n(-c2nc(C)c(C)c(=O)[nH]2)n1. The Kier molecular flexibility index (Phi) is 4.32. The number of nitro groups is 1. The summed E-state index contributed by atoms with van der Waals surface area (Å²) in [6.07, 6.45) is 0. The number of nitrogens with one attached hydrogen (secondary N) is 1. The summed E-state index contributed by atoms with van der Waals surface area (Å²) < 4.78 is 1.26. The topological polar surface area (TPSA) is 150 Å². The fourth-order valence-corrected chi connectivity index (χ4v) is 2.74. The van der Waals surface area contributed by atoms with E-state index in [-0.39, 0.29) is 34.0 Å². The zero-order valence-electron chi connectivity index (χ0n) is 14.8. The van der Waals surface area contributed by atoms with Crippen LogP contribution in [0.1, 0.15) is 27.3 Å². The first-order valence-corrected chi connectivity index (χ1v) is 7.93. The van der Waals surface area contributed by atoms with Crippen molar-refractivity contribution in [2.75, 3.05) is 0 Å². The van der Waals surface area contributed by atoms with Crippen molar-refractivity contribution in [2.24, 2.45) is 5.73 Å². The molecule has 2 heterocycles. The molecule has 0 saturated heterocycles. The first kappa shape index (κ1) is 18.0. The summed E-state index contributed by atoms with van der Waals surface area (Å²) in [5.74, 6) is -0.736. The molecule has 1 aromatic carbocycles. The van der Waals surface area contributed by atoms with Crippen molar-refractivity contribution in [2.45, 2.75) is 20.8 Å². The van der Waals surface area contributed by atoms with Crippen LogP contribution in [0.25, 0.3) is 17.2 Å². The number of carbonyl (C=O) groups excluding carboxylic acids is 1. The summed E-state index contributed by atoms with van der Waals surface area (Å²) in [6.45, 7) is 4.98. The van der Waals surface area contributed by atoms with Gasteiger partial charge < -0.3 is 5.73 Å². The summed E-state index contributed by atoms with van der Waals surface area (Å²) in [4.78, 5) is 41.8. The molecule has 0 aliphatic heterocycles. The first-order valence-electron chi connectivity index (χ1n) is 7.93. The average Bonchev–Trinajstić information content (AvgIpc) is 2.99. The zero-order chi connectivity index (χ0) is 19.9. The van der Waals surface area contributed by atoms with Gasteiger partial charge in [0.25, 0.3) is 11.2 Å². The number of H-pyrrole nitrogens is 1. The molecule has 0 aliphatic rings. The minimum absolute atomic E-state index is 0.0106. The lowest BCUT2D eigenvalue weighted by atomic mass is 10.0. The number of primary amides is 1. The van der Waals surface area contributed by atoms with Crippen molar-refractivity contribution < 1.29 is 9.72 Å². The molecular formula is C17H16N6O4. The van der Waals surface area contributed by atoms with E-state index in [9.17, 15) is 19.7 Å². The van der Waals surface area contributed by atoms with Gasteiger partial charge in [-0.05, 0) is 32.9 Å². The highest BCUT2D eigenvalue weighted by molar-refractivity contribution is 6.01. The summed E-state index contributed by atoms with van der Waals surface area (Å²) in [7, 11) is 0. The highest BCUT2D eigenvalue weighted by Crippen LogP contribution is 2.34. The van der Waals surface area contributed by atoms with E-state index in [0.29, 0.717) is 17.0 Å². The quantitative estimate of drug-likeness (QED) is 0.527. The van der Waals surface area contributed by atoms with Gasteiger partial charge in [0.2, 0.25) is 11.9 Å². The van der Waals surface area contributed by atoms with E-state index >= 15 is 0 Å². The molecule has 10 nitrogen and oxygen atoms in total. The number of nitrogens with two attached hydrogens (primary N) is 1. The number of aryl methyl sites for hydroxylation is 2. The van der Waals surface area contributed by atoms with E-state index in [4.69, 9.17) is 5.73 Å². The van der Waals surface area contributed by atoms with E-state index in [0.717, 1.165) is 0 Å². The number of aromatic nitrogens is 4. The van der Waals surface area contributed by atoms with E-state index < -0.39 is 10.8 Å². The standard InChI is InChI=1S/C17H16N6O4/c1-8-7-13(14-11(15(18)24)5-4-6-12(14)23(26)27)22(21-8)17-19-10(3)9(2)16(25)20-17/h4-7H,1-3H3,(H2,18,24)(H,19,20,25). The highest BCUT2D eigenvalue weighted by atomic mass is 16.6. The van der Waals surface area contributed by atoms with Crippen LogP contribution in [-0.2, 0) is 0 Å². The maximum absolute atomic E-state index is 12.1. The van der Waals surface area contributed by atoms with Crippen molar-refractivity contribution in [3.05, 3.63) is 67.2 Å².